The van der Waals surface area contributed by atoms with Crippen molar-refractivity contribution in [1.29, 1.82) is 0 Å². The number of hydrogen-bond donors (Lipinski definition) is 2. The lowest BCUT2D eigenvalue weighted by molar-refractivity contribution is -0.143. The van der Waals surface area contributed by atoms with Crippen LogP contribution in [0, 0.1) is 0 Å². The lowest BCUT2D eigenvalue weighted by Gasteiger charge is -2.17. The maximum Gasteiger partial charge on any atom is 0.416 e. The van der Waals surface area contributed by atoms with Crippen molar-refractivity contribution in [1.82, 2.24) is 5.32 Å². The van der Waals surface area contributed by atoms with Crippen molar-refractivity contribution in [2.75, 3.05) is 0 Å². The third kappa shape index (κ3) is 8.26. The zero-order valence-corrected chi connectivity index (χ0v) is 19.2. The number of ether oxygens (including phenoxy) is 1. The van der Waals surface area contributed by atoms with Crippen molar-refractivity contribution in [3.8, 4) is 5.75 Å². The van der Waals surface area contributed by atoms with Gasteiger partial charge in [0.05, 0.1) is 17.5 Å². The Morgan fingerprint density at radius 1 is 0.784 bits per heavy atom. The first-order valence-corrected chi connectivity index (χ1v) is 10.9. The Labute approximate surface area is 208 Å². The fourth-order valence-electron chi connectivity index (χ4n) is 3.51. The number of carbonyl (C=O) groups is 2. The van der Waals surface area contributed by atoms with Crippen molar-refractivity contribution in [3.05, 3.63) is 101 Å². The molecule has 0 radical (unpaired) electrons. The quantitative estimate of drug-likeness (QED) is 0.384. The fraction of sp³-hybridized carbons (Fsp3) is 0.231. The average molecular weight is 524 g/mol. The summed E-state index contributed by atoms with van der Waals surface area (Å²) in [5.74, 6) is -1.41. The van der Waals surface area contributed by atoms with E-state index >= 15 is 0 Å². The Bertz CT molecular complexity index is 1210. The number of nitrogens with one attached hydrogen (secondary N) is 1. The molecule has 0 aliphatic carbocycles. The number of halogens is 6. The Kier molecular flexibility index (Phi) is 8.46. The van der Waals surface area contributed by atoms with Gasteiger partial charge in [0, 0.05) is 6.42 Å². The van der Waals surface area contributed by atoms with Crippen LogP contribution in [0.1, 0.15) is 27.8 Å². The minimum Gasteiger partial charge on any atom is -0.489 e. The lowest BCUT2D eigenvalue weighted by Crippen LogP contribution is -2.46. The van der Waals surface area contributed by atoms with Gasteiger partial charge in [-0.3, -0.25) is 9.59 Å². The van der Waals surface area contributed by atoms with Gasteiger partial charge in [0.1, 0.15) is 18.4 Å². The van der Waals surface area contributed by atoms with Gasteiger partial charge in [-0.05, 0) is 47.0 Å². The van der Waals surface area contributed by atoms with Gasteiger partial charge in [-0.25, -0.2) is 0 Å². The van der Waals surface area contributed by atoms with Crippen LogP contribution in [-0.2, 0) is 41.4 Å². The van der Waals surface area contributed by atoms with Crippen LogP contribution >= 0.6 is 0 Å². The first kappa shape index (κ1) is 27.6. The van der Waals surface area contributed by atoms with Gasteiger partial charge in [0.2, 0.25) is 11.8 Å². The molecular weight excluding hydrogens is 502 g/mol. The van der Waals surface area contributed by atoms with Crippen molar-refractivity contribution < 1.29 is 40.7 Å². The van der Waals surface area contributed by atoms with Crippen LogP contribution in [0.25, 0.3) is 0 Å². The molecule has 0 fully saturated rings. The molecule has 5 nitrogen and oxygen atoms in total. The number of primary amides is 1. The zero-order valence-electron chi connectivity index (χ0n) is 19.2. The van der Waals surface area contributed by atoms with E-state index in [9.17, 15) is 35.9 Å². The maximum atomic E-state index is 13.1. The summed E-state index contributed by atoms with van der Waals surface area (Å²) in [5, 5.41) is 2.29. The molecule has 37 heavy (non-hydrogen) atoms. The summed E-state index contributed by atoms with van der Waals surface area (Å²) in [6.07, 6.45) is -11.0. The van der Waals surface area contributed by atoms with Gasteiger partial charge in [0.25, 0.3) is 0 Å². The van der Waals surface area contributed by atoms with Crippen LogP contribution < -0.4 is 15.8 Å². The second-order valence-corrected chi connectivity index (χ2v) is 8.24. The van der Waals surface area contributed by atoms with E-state index < -0.39 is 53.3 Å². The topological polar surface area (TPSA) is 81.4 Å². The molecule has 1 atom stereocenters. The zero-order chi connectivity index (χ0) is 27.2. The van der Waals surface area contributed by atoms with E-state index in [0.29, 0.717) is 23.4 Å². The van der Waals surface area contributed by atoms with Crippen molar-refractivity contribution >= 4 is 11.8 Å². The summed E-state index contributed by atoms with van der Waals surface area (Å²) in [4.78, 5) is 24.4. The largest absolute Gasteiger partial charge is 0.489 e. The van der Waals surface area contributed by atoms with Crippen LogP contribution in [0.2, 0.25) is 0 Å². The average Bonchev–Trinajstić information content (AvgIpc) is 2.82. The molecule has 3 aromatic rings. The van der Waals surface area contributed by atoms with Crippen molar-refractivity contribution in [2.45, 2.75) is 37.8 Å². The second kappa shape index (κ2) is 11.4. The molecule has 3 aromatic carbocycles. The highest BCUT2D eigenvalue weighted by Crippen LogP contribution is 2.36. The number of hydrogen-bond acceptors (Lipinski definition) is 3. The molecule has 196 valence electrons. The SMILES string of the molecule is NC(=O)[C@H](Cc1cccc(OCc2ccccc2)c1)NC(=O)Cc1cc(C(F)(F)F)cc(C(F)(F)F)c1. The van der Waals surface area contributed by atoms with Gasteiger partial charge >= 0.3 is 12.4 Å². The number of amides is 2. The third-order valence-electron chi connectivity index (χ3n) is 5.28. The molecule has 0 saturated carbocycles. The van der Waals surface area contributed by atoms with Gasteiger partial charge < -0.3 is 15.8 Å². The van der Waals surface area contributed by atoms with Crippen LogP contribution in [0.4, 0.5) is 26.3 Å². The highest BCUT2D eigenvalue weighted by molar-refractivity contribution is 5.87. The fourth-order valence-corrected chi connectivity index (χ4v) is 3.51. The predicted octanol–water partition coefficient (Wildman–Crippen LogP) is 5.06. The predicted molar refractivity (Wildman–Crippen MR) is 122 cm³/mol. The Morgan fingerprint density at radius 3 is 1.95 bits per heavy atom. The van der Waals surface area contributed by atoms with E-state index in [2.05, 4.69) is 5.32 Å². The maximum absolute atomic E-state index is 13.1. The van der Waals surface area contributed by atoms with Crippen molar-refractivity contribution in [2.24, 2.45) is 5.73 Å². The standard InChI is InChI=1S/C26H22F6N2O3/c27-25(28,29)19-9-18(10-20(14-19)26(30,31)32)13-23(35)34-22(24(33)36)12-17-7-4-8-21(11-17)37-15-16-5-2-1-3-6-16/h1-11,14,22H,12-13,15H2,(H2,33,36)(H,34,35)/t22-/m0/s1. The molecule has 0 aliphatic heterocycles. The van der Waals surface area contributed by atoms with Gasteiger partial charge in [0.15, 0.2) is 0 Å². The molecule has 0 saturated heterocycles. The van der Waals surface area contributed by atoms with E-state index in [4.69, 9.17) is 10.5 Å². The van der Waals surface area contributed by atoms with E-state index in [1.165, 1.54) is 0 Å². The monoisotopic (exact) mass is 524 g/mol. The number of alkyl halides is 6. The van der Waals surface area contributed by atoms with Crippen molar-refractivity contribution in [3.63, 3.8) is 0 Å². The van der Waals surface area contributed by atoms with Crippen LogP contribution in [0.3, 0.4) is 0 Å². The molecule has 2 amide bonds. The van der Waals surface area contributed by atoms with E-state index in [0.717, 1.165) is 5.56 Å². The summed E-state index contributed by atoms with van der Waals surface area (Å²) in [7, 11) is 0. The molecule has 0 spiro atoms. The molecule has 0 bridgehead atoms. The van der Waals surface area contributed by atoms with E-state index in [1.54, 1.807) is 24.3 Å². The molecule has 0 heterocycles. The Morgan fingerprint density at radius 2 is 1.38 bits per heavy atom. The summed E-state index contributed by atoms with van der Waals surface area (Å²) in [5.41, 5.74) is 3.28. The Hall–Kier alpha value is -4.02. The Balaban J connectivity index is 1.70. The number of nitrogens with two attached hydrogens (primary N) is 1. The second-order valence-electron chi connectivity index (χ2n) is 8.24. The van der Waals surface area contributed by atoms with Crippen LogP contribution in [0.15, 0.2) is 72.8 Å². The lowest BCUT2D eigenvalue weighted by atomic mass is 10.0. The third-order valence-corrected chi connectivity index (χ3v) is 5.28. The molecule has 3 N–H and O–H groups in total. The van der Waals surface area contributed by atoms with E-state index in [-0.39, 0.29) is 19.1 Å². The smallest absolute Gasteiger partial charge is 0.416 e. The minimum atomic E-state index is -5.05. The highest BCUT2D eigenvalue weighted by atomic mass is 19.4. The van der Waals surface area contributed by atoms with Gasteiger partial charge in [-0.1, -0.05) is 42.5 Å². The number of benzene rings is 3. The molecule has 0 aliphatic rings. The minimum absolute atomic E-state index is 0.0273. The molecule has 11 heteroatoms. The molecule has 0 aromatic heterocycles. The van der Waals surface area contributed by atoms with Crippen LogP contribution in [0.5, 0.6) is 5.75 Å². The molecule has 0 unspecified atom stereocenters. The first-order valence-electron chi connectivity index (χ1n) is 10.9. The number of rotatable bonds is 9. The van der Waals surface area contributed by atoms with Crippen LogP contribution in [-0.4, -0.2) is 17.9 Å². The molecule has 3 rings (SSSR count). The normalized spacial score (nSPS) is 12.6. The number of carbonyl (C=O) groups excluding carboxylic acids is 2. The highest BCUT2D eigenvalue weighted by Gasteiger charge is 2.37. The summed E-state index contributed by atoms with van der Waals surface area (Å²) in [6.45, 7) is 0.289. The first-order chi connectivity index (χ1) is 17.3. The summed E-state index contributed by atoms with van der Waals surface area (Å²) in [6, 6.07) is 15.6. The summed E-state index contributed by atoms with van der Waals surface area (Å²) >= 11 is 0. The van der Waals surface area contributed by atoms with E-state index in [1.807, 2.05) is 30.3 Å². The molecular formula is C26H22F6N2O3. The van der Waals surface area contributed by atoms with Gasteiger partial charge in [-0.2, -0.15) is 26.3 Å². The van der Waals surface area contributed by atoms with Gasteiger partial charge in [-0.15, -0.1) is 0 Å². The summed E-state index contributed by atoms with van der Waals surface area (Å²) < 4.78 is 84.2.